The molecule has 106 valence electrons. The predicted molar refractivity (Wildman–Crippen MR) is 67.0 cm³/mol. The van der Waals surface area contributed by atoms with E-state index in [2.05, 4.69) is 0 Å². The van der Waals surface area contributed by atoms with Gasteiger partial charge in [0.05, 0.1) is 0 Å². The average Bonchev–Trinajstić information content (AvgIpc) is 2.26. The van der Waals surface area contributed by atoms with Gasteiger partial charge in [-0.15, -0.1) is 0 Å². The number of ketones is 1. The van der Waals surface area contributed by atoms with Gasteiger partial charge in [0.15, 0.2) is 5.78 Å². The zero-order valence-electron chi connectivity index (χ0n) is 11.3. The van der Waals surface area contributed by atoms with Crippen LogP contribution in [0.2, 0.25) is 0 Å². The minimum Gasteiger partial charge on any atom is -0.457 e. The van der Waals surface area contributed by atoms with Crippen molar-refractivity contribution in [3.05, 3.63) is 24.3 Å². The van der Waals surface area contributed by atoms with Crippen molar-refractivity contribution < 1.29 is 28.6 Å². The summed E-state index contributed by atoms with van der Waals surface area (Å²) in [4.78, 5) is 33.1. The van der Waals surface area contributed by atoms with Crippen LogP contribution in [-0.2, 0) is 23.9 Å². The molecule has 0 amide bonds. The molecule has 3 aliphatic rings. The Morgan fingerprint density at radius 1 is 1.10 bits per heavy atom. The Bertz CT molecular complexity index is 530. The van der Waals surface area contributed by atoms with E-state index in [1.54, 1.807) is 0 Å². The summed E-state index contributed by atoms with van der Waals surface area (Å²) in [6.45, 7) is 4.00. The van der Waals surface area contributed by atoms with Crippen LogP contribution in [0.4, 0.5) is 0 Å². The fraction of sp³-hybridized carbons (Fsp3) is 0.357. The summed E-state index contributed by atoms with van der Waals surface area (Å²) in [5.41, 5.74) is 0. The molecule has 0 radical (unpaired) electrons. The number of hydrogen-bond acceptors (Lipinski definition) is 6. The van der Waals surface area contributed by atoms with Crippen LogP contribution in [0.5, 0.6) is 11.5 Å². The standard InChI is InChI=1S/C8H10O5.C6H4O/c1-4(9)5-6(10)12-8(2,3)13-7(5)11;1-2-5-4-6(3-1)7-5/h5H,1-3H3;1-4H. The summed E-state index contributed by atoms with van der Waals surface area (Å²) in [5.74, 6) is -2.95. The summed E-state index contributed by atoms with van der Waals surface area (Å²) in [6.07, 6.45) is 0. The highest BCUT2D eigenvalue weighted by Crippen LogP contribution is 2.32. The Morgan fingerprint density at radius 3 is 1.80 bits per heavy atom. The number of esters is 2. The first-order valence-corrected chi connectivity index (χ1v) is 6.02. The van der Waals surface area contributed by atoms with Crippen LogP contribution in [0, 0.1) is 5.92 Å². The fourth-order valence-electron chi connectivity index (χ4n) is 1.73. The third-order valence-electron chi connectivity index (χ3n) is 2.61. The van der Waals surface area contributed by atoms with Gasteiger partial charge >= 0.3 is 11.9 Å². The Hall–Kier alpha value is -2.37. The molecule has 0 spiro atoms. The molecule has 3 heterocycles. The van der Waals surface area contributed by atoms with E-state index in [0.29, 0.717) is 0 Å². The van der Waals surface area contributed by atoms with Crippen molar-refractivity contribution in [1.82, 2.24) is 0 Å². The molecule has 0 N–H and O–H groups in total. The Kier molecular flexibility index (Phi) is 3.48. The first-order valence-electron chi connectivity index (χ1n) is 6.02. The molecule has 0 aromatic heterocycles. The zero-order valence-corrected chi connectivity index (χ0v) is 11.3. The van der Waals surface area contributed by atoms with Gasteiger partial charge in [0.2, 0.25) is 5.92 Å². The van der Waals surface area contributed by atoms with E-state index >= 15 is 0 Å². The highest BCUT2D eigenvalue weighted by atomic mass is 16.7. The number of rotatable bonds is 1. The van der Waals surface area contributed by atoms with Gasteiger partial charge in [0, 0.05) is 19.9 Å². The number of carbonyl (C=O) groups is 3. The lowest BCUT2D eigenvalue weighted by molar-refractivity contribution is -0.238. The lowest BCUT2D eigenvalue weighted by Gasteiger charge is -2.31. The highest BCUT2D eigenvalue weighted by Gasteiger charge is 2.45. The van der Waals surface area contributed by atoms with Crippen LogP contribution >= 0.6 is 0 Å². The van der Waals surface area contributed by atoms with Crippen molar-refractivity contribution in [3.8, 4) is 11.5 Å². The SMILES string of the molecule is CC(=O)C1C(=O)OC(C)(C)OC1=O.c1cc2cc(c1)O2. The molecule has 4 rings (SSSR count). The lowest BCUT2D eigenvalue weighted by Crippen LogP contribution is -2.48. The molecule has 0 atom stereocenters. The topological polar surface area (TPSA) is 78.9 Å². The molecule has 2 bridgehead atoms. The molecule has 6 heteroatoms. The molecular weight excluding hydrogens is 264 g/mol. The second kappa shape index (κ2) is 4.96. The van der Waals surface area contributed by atoms with Crippen molar-refractivity contribution in [2.75, 3.05) is 0 Å². The van der Waals surface area contributed by atoms with E-state index in [4.69, 9.17) is 14.2 Å². The van der Waals surface area contributed by atoms with Crippen LogP contribution in [0.15, 0.2) is 24.3 Å². The summed E-state index contributed by atoms with van der Waals surface area (Å²) < 4.78 is 14.4. The molecule has 1 saturated heterocycles. The molecule has 3 aliphatic heterocycles. The first-order chi connectivity index (χ1) is 9.28. The number of ether oxygens (including phenoxy) is 3. The number of carbonyl (C=O) groups excluding carboxylic acids is 3. The molecule has 1 aromatic rings. The summed E-state index contributed by atoms with van der Waals surface area (Å²) in [6, 6.07) is 7.86. The molecule has 0 aliphatic carbocycles. The van der Waals surface area contributed by atoms with Crippen molar-refractivity contribution in [1.29, 1.82) is 0 Å². The molecular formula is C14H14O6. The Balaban J connectivity index is 0.000000173. The largest absolute Gasteiger partial charge is 0.457 e. The molecule has 1 fully saturated rings. The molecule has 20 heavy (non-hydrogen) atoms. The molecule has 6 nitrogen and oxygen atoms in total. The molecule has 1 aromatic carbocycles. The number of cyclic esters (lactones) is 2. The zero-order chi connectivity index (χ0) is 14.9. The number of fused-ring (bicyclic) bond motifs is 2. The van der Waals surface area contributed by atoms with Crippen molar-refractivity contribution in [3.63, 3.8) is 0 Å². The predicted octanol–water partition coefficient (Wildman–Crippen LogP) is 1.82. The van der Waals surface area contributed by atoms with Gasteiger partial charge in [-0.25, -0.2) is 0 Å². The minimum atomic E-state index is -1.41. The number of Topliss-reactive ketones (excluding diaryl/α,β-unsaturated/α-hetero) is 1. The lowest BCUT2D eigenvalue weighted by atomic mass is 10.0. The van der Waals surface area contributed by atoms with Crippen LogP contribution in [0.25, 0.3) is 0 Å². The fourth-order valence-corrected chi connectivity index (χ4v) is 1.73. The van der Waals surface area contributed by atoms with Crippen LogP contribution in [-0.4, -0.2) is 23.5 Å². The quantitative estimate of drug-likeness (QED) is 0.585. The van der Waals surface area contributed by atoms with Crippen LogP contribution in [0.3, 0.4) is 0 Å². The van der Waals surface area contributed by atoms with Crippen molar-refractivity contribution >= 4 is 17.7 Å². The van der Waals surface area contributed by atoms with Gasteiger partial charge < -0.3 is 14.2 Å². The van der Waals surface area contributed by atoms with Crippen LogP contribution < -0.4 is 4.74 Å². The average molecular weight is 278 g/mol. The number of benzene rings is 1. The maximum atomic E-state index is 11.1. The summed E-state index contributed by atoms with van der Waals surface area (Å²) in [7, 11) is 0. The minimum absolute atomic E-state index is 0.564. The van der Waals surface area contributed by atoms with Gasteiger partial charge in [0.25, 0.3) is 5.79 Å². The molecule has 0 saturated carbocycles. The van der Waals surface area contributed by atoms with Gasteiger partial charge in [-0.1, -0.05) is 6.07 Å². The monoisotopic (exact) mass is 278 g/mol. The van der Waals surface area contributed by atoms with E-state index in [1.165, 1.54) is 13.8 Å². The van der Waals surface area contributed by atoms with Crippen LogP contribution in [0.1, 0.15) is 20.8 Å². The second-order valence-electron chi connectivity index (χ2n) is 4.86. The smallest absolute Gasteiger partial charge is 0.331 e. The maximum Gasteiger partial charge on any atom is 0.331 e. The Labute approximate surface area is 115 Å². The van der Waals surface area contributed by atoms with Gasteiger partial charge in [0.1, 0.15) is 11.5 Å². The summed E-state index contributed by atoms with van der Waals surface area (Å²) in [5, 5.41) is 0. The van der Waals surface area contributed by atoms with Crippen molar-refractivity contribution in [2.45, 2.75) is 26.6 Å². The summed E-state index contributed by atoms with van der Waals surface area (Å²) >= 11 is 0. The normalized spacial score (nSPS) is 18.6. The van der Waals surface area contributed by atoms with Gasteiger partial charge in [-0.05, 0) is 19.1 Å². The first kappa shape index (κ1) is 14.0. The molecule has 0 unspecified atom stereocenters. The van der Waals surface area contributed by atoms with E-state index in [-0.39, 0.29) is 0 Å². The highest BCUT2D eigenvalue weighted by molar-refractivity contribution is 6.15. The van der Waals surface area contributed by atoms with Gasteiger partial charge in [-0.3, -0.25) is 14.4 Å². The van der Waals surface area contributed by atoms with E-state index < -0.39 is 29.4 Å². The second-order valence-corrected chi connectivity index (χ2v) is 4.86. The Morgan fingerprint density at radius 2 is 1.55 bits per heavy atom. The third-order valence-corrected chi connectivity index (χ3v) is 2.61. The van der Waals surface area contributed by atoms with E-state index in [0.717, 1.165) is 18.4 Å². The maximum absolute atomic E-state index is 11.1. The third kappa shape index (κ3) is 2.96. The number of hydrogen-bond donors (Lipinski definition) is 0. The van der Waals surface area contributed by atoms with Crippen molar-refractivity contribution in [2.24, 2.45) is 5.92 Å². The van der Waals surface area contributed by atoms with E-state index in [1.807, 2.05) is 24.3 Å². The van der Waals surface area contributed by atoms with E-state index in [9.17, 15) is 14.4 Å². The van der Waals surface area contributed by atoms with Gasteiger partial charge in [-0.2, -0.15) is 0 Å².